The lowest BCUT2D eigenvalue weighted by atomic mass is 10.2. The second kappa shape index (κ2) is 6.80. The Morgan fingerprint density at radius 2 is 2.00 bits per heavy atom. The topological polar surface area (TPSA) is 37.4 Å². The Balaban J connectivity index is 2.08. The van der Waals surface area contributed by atoms with E-state index >= 15 is 0 Å². The molecule has 0 spiro atoms. The molecule has 1 aromatic heterocycles. The summed E-state index contributed by atoms with van der Waals surface area (Å²) >= 11 is 0. The predicted molar refractivity (Wildman–Crippen MR) is 83.5 cm³/mol. The van der Waals surface area contributed by atoms with Crippen molar-refractivity contribution in [2.45, 2.75) is 13.5 Å². The van der Waals surface area contributed by atoms with Gasteiger partial charge in [0.2, 0.25) is 0 Å². The molecule has 4 nitrogen and oxygen atoms in total. The molecule has 20 heavy (non-hydrogen) atoms. The lowest BCUT2D eigenvalue weighted by molar-refractivity contribution is 0.415. The highest BCUT2D eigenvalue weighted by molar-refractivity contribution is 5.58. The first kappa shape index (κ1) is 14.2. The van der Waals surface area contributed by atoms with Crippen LogP contribution in [-0.4, -0.2) is 25.7 Å². The van der Waals surface area contributed by atoms with Gasteiger partial charge in [-0.15, -0.1) is 0 Å². The maximum atomic E-state index is 5.39. The average Bonchev–Trinajstić information content (AvgIpc) is 2.49. The quantitative estimate of drug-likeness (QED) is 0.875. The third kappa shape index (κ3) is 3.41. The number of rotatable bonds is 6. The molecule has 0 saturated carbocycles. The van der Waals surface area contributed by atoms with Crippen molar-refractivity contribution in [3.63, 3.8) is 0 Å². The fourth-order valence-corrected chi connectivity index (χ4v) is 2.11. The SMILES string of the molecule is CCNc1ccc(CN(C)c2ccccc2OC)cn1. The van der Waals surface area contributed by atoms with E-state index in [1.165, 1.54) is 5.56 Å². The highest BCUT2D eigenvalue weighted by Gasteiger charge is 2.08. The molecule has 1 heterocycles. The van der Waals surface area contributed by atoms with E-state index in [4.69, 9.17) is 4.74 Å². The van der Waals surface area contributed by atoms with E-state index in [9.17, 15) is 0 Å². The fourth-order valence-electron chi connectivity index (χ4n) is 2.11. The van der Waals surface area contributed by atoms with Crippen molar-refractivity contribution in [2.24, 2.45) is 0 Å². The molecule has 0 aliphatic heterocycles. The first-order chi connectivity index (χ1) is 9.74. The van der Waals surface area contributed by atoms with Crippen molar-refractivity contribution >= 4 is 11.5 Å². The maximum absolute atomic E-state index is 5.39. The third-order valence-corrected chi connectivity index (χ3v) is 3.10. The standard InChI is InChI=1S/C16H21N3O/c1-4-17-16-10-9-13(11-18-16)12-19(2)14-7-5-6-8-15(14)20-3/h5-11H,4,12H2,1-3H3,(H,17,18). The summed E-state index contributed by atoms with van der Waals surface area (Å²) < 4.78 is 5.39. The van der Waals surface area contributed by atoms with Gasteiger partial charge in [-0.25, -0.2) is 4.98 Å². The van der Waals surface area contributed by atoms with Gasteiger partial charge in [-0.2, -0.15) is 0 Å². The van der Waals surface area contributed by atoms with E-state index in [1.54, 1.807) is 7.11 Å². The Morgan fingerprint density at radius 1 is 1.20 bits per heavy atom. The summed E-state index contributed by atoms with van der Waals surface area (Å²) in [6.45, 7) is 3.73. The van der Waals surface area contributed by atoms with Crippen LogP contribution in [0.25, 0.3) is 0 Å². The Hall–Kier alpha value is -2.23. The number of benzene rings is 1. The molecular formula is C16H21N3O. The number of aromatic nitrogens is 1. The van der Waals surface area contributed by atoms with Gasteiger partial charge in [0.25, 0.3) is 0 Å². The number of nitrogens with one attached hydrogen (secondary N) is 1. The molecule has 0 radical (unpaired) electrons. The number of hydrogen-bond donors (Lipinski definition) is 1. The van der Waals surface area contributed by atoms with Crippen molar-refractivity contribution < 1.29 is 4.74 Å². The Morgan fingerprint density at radius 3 is 2.65 bits per heavy atom. The highest BCUT2D eigenvalue weighted by Crippen LogP contribution is 2.27. The van der Waals surface area contributed by atoms with E-state index < -0.39 is 0 Å². The Labute approximate surface area is 120 Å². The number of ether oxygens (including phenoxy) is 1. The van der Waals surface area contributed by atoms with Crippen LogP contribution in [0.15, 0.2) is 42.6 Å². The zero-order valence-electron chi connectivity index (χ0n) is 12.3. The maximum Gasteiger partial charge on any atom is 0.142 e. The number of methoxy groups -OCH3 is 1. The van der Waals surface area contributed by atoms with E-state index in [-0.39, 0.29) is 0 Å². The molecule has 0 atom stereocenters. The zero-order valence-corrected chi connectivity index (χ0v) is 12.3. The molecule has 1 aromatic carbocycles. The van der Waals surface area contributed by atoms with Crippen molar-refractivity contribution in [2.75, 3.05) is 30.9 Å². The summed E-state index contributed by atoms with van der Waals surface area (Å²) in [7, 11) is 3.75. The first-order valence-corrected chi connectivity index (χ1v) is 6.77. The number of anilines is 2. The largest absolute Gasteiger partial charge is 0.495 e. The van der Waals surface area contributed by atoms with Crippen molar-refractivity contribution in [1.82, 2.24) is 4.98 Å². The molecule has 0 amide bonds. The molecule has 2 aromatic rings. The van der Waals surface area contributed by atoms with Crippen LogP contribution in [-0.2, 0) is 6.54 Å². The molecule has 0 aliphatic carbocycles. The minimum atomic E-state index is 0.791. The summed E-state index contributed by atoms with van der Waals surface area (Å²) in [5, 5.41) is 3.19. The van der Waals surface area contributed by atoms with Crippen LogP contribution in [0.5, 0.6) is 5.75 Å². The molecule has 106 valence electrons. The van der Waals surface area contributed by atoms with Crippen LogP contribution in [0.4, 0.5) is 11.5 Å². The highest BCUT2D eigenvalue weighted by atomic mass is 16.5. The molecule has 2 rings (SSSR count). The summed E-state index contributed by atoms with van der Waals surface area (Å²) in [5.74, 6) is 1.79. The molecule has 0 bridgehead atoms. The number of nitrogens with zero attached hydrogens (tertiary/aromatic N) is 2. The molecule has 0 unspecified atom stereocenters. The van der Waals surface area contributed by atoms with Gasteiger partial charge < -0.3 is 15.0 Å². The van der Waals surface area contributed by atoms with Gasteiger partial charge in [0.05, 0.1) is 12.8 Å². The first-order valence-electron chi connectivity index (χ1n) is 6.77. The van der Waals surface area contributed by atoms with Crippen molar-refractivity contribution in [3.8, 4) is 5.75 Å². The normalized spacial score (nSPS) is 10.2. The smallest absolute Gasteiger partial charge is 0.142 e. The van der Waals surface area contributed by atoms with E-state index in [0.29, 0.717) is 0 Å². The van der Waals surface area contributed by atoms with Gasteiger partial charge in [0.15, 0.2) is 0 Å². The average molecular weight is 271 g/mol. The summed E-state index contributed by atoms with van der Waals surface area (Å²) in [6.07, 6.45) is 1.91. The number of pyridine rings is 1. The van der Waals surface area contributed by atoms with E-state index in [1.807, 2.05) is 30.5 Å². The Kier molecular flexibility index (Phi) is 4.82. The minimum Gasteiger partial charge on any atom is -0.495 e. The molecule has 0 saturated heterocycles. The molecule has 0 fully saturated rings. The van der Waals surface area contributed by atoms with Crippen LogP contribution in [0.1, 0.15) is 12.5 Å². The number of hydrogen-bond acceptors (Lipinski definition) is 4. The van der Waals surface area contributed by atoms with Gasteiger partial charge in [-0.3, -0.25) is 0 Å². The molecule has 1 N–H and O–H groups in total. The fraction of sp³-hybridized carbons (Fsp3) is 0.312. The summed E-state index contributed by atoms with van der Waals surface area (Å²) in [4.78, 5) is 6.54. The lowest BCUT2D eigenvalue weighted by Crippen LogP contribution is -2.17. The molecule has 4 heteroatoms. The van der Waals surface area contributed by atoms with Crippen molar-refractivity contribution in [1.29, 1.82) is 0 Å². The Bertz CT molecular complexity index is 540. The van der Waals surface area contributed by atoms with Gasteiger partial charge in [-0.1, -0.05) is 18.2 Å². The summed E-state index contributed by atoms with van der Waals surface area (Å²) in [5.41, 5.74) is 2.24. The van der Waals surface area contributed by atoms with Gasteiger partial charge in [0, 0.05) is 26.3 Å². The third-order valence-electron chi connectivity index (χ3n) is 3.10. The van der Waals surface area contributed by atoms with E-state index in [2.05, 4.69) is 41.3 Å². The monoisotopic (exact) mass is 271 g/mol. The van der Waals surface area contributed by atoms with Crippen LogP contribution < -0.4 is 15.0 Å². The minimum absolute atomic E-state index is 0.791. The molecule has 0 aliphatic rings. The molecular weight excluding hydrogens is 250 g/mol. The van der Waals surface area contributed by atoms with Crippen LogP contribution in [0.3, 0.4) is 0 Å². The van der Waals surface area contributed by atoms with Crippen molar-refractivity contribution in [3.05, 3.63) is 48.2 Å². The second-order valence-corrected chi connectivity index (χ2v) is 4.61. The van der Waals surface area contributed by atoms with Crippen LogP contribution >= 0.6 is 0 Å². The van der Waals surface area contributed by atoms with E-state index in [0.717, 1.165) is 30.3 Å². The predicted octanol–water partition coefficient (Wildman–Crippen LogP) is 3.16. The van der Waals surface area contributed by atoms with Gasteiger partial charge in [-0.05, 0) is 30.7 Å². The number of para-hydroxylation sites is 2. The lowest BCUT2D eigenvalue weighted by Gasteiger charge is -2.21. The van der Waals surface area contributed by atoms with Crippen LogP contribution in [0, 0.1) is 0 Å². The van der Waals surface area contributed by atoms with Gasteiger partial charge >= 0.3 is 0 Å². The van der Waals surface area contributed by atoms with Gasteiger partial charge in [0.1, 0.15) is 11.6 Å². The summed E-state index contributed by atoms with van der Waals surface area (Å²) in [6, 6.07) is 12.1. The second-order valence-electron chi connectivity index (χ2n) is 4.61. The van der Waals surface area contributed by atoms with Crippen LogP contribution in [0.2, 0.25) is 0 Å². The zero-order chi connectivity index (χ0) is 14.4.